The summed E-state index contributed by atoms with van der Waals surface area (Å²) < 4.78 is 4.94. The summed E-state index contributed by atoms with van der Waals surface area (Å²) in [6.07, 6.45) is 0.472. The van der Waals surface area contributed by atoms with Crippen molar-refractivity contribution in [2.75, 3.05) is 6.61 Å². The summed E-state index contributed by atoms with van der Waals surface area (Å²) in [4.78, 5) is 22.0. The van der Waals surface area contributed by atoms with Crippen molar-refractivity contribution in [2.45, 2.75) is 26.2 Å². The topological polar surface area (TPSA) is 69.4 Å². The van der Waals surface area contributed by atoms with Crippen LogP contribution in [0.15, 0.2) is 18.2 Å². The van der Waals surface area contributed by atoms with Gasteiger partial charge in [-0.25, -0.2) is 0 Å². The molecule has 98 valence electrons. The van der Waals surface area contributed by atoms with Gasteiger partial charge in [0.2, 0.25) is 0 Å². The zero-order chi connectivity index (χ0) is 13.7. The molecule has 1 rings (SSSR count). The van der Waals surface area contributed by atoms with E-state index >= 15 is 0 Å². The van der Waals surface area contributed by atoms with Crippen LogP contribution in [0.4, 0.5) is 5.69 Å². The average molecular weight is 272 g/mol. The Labute approximate surface area is 110 Å². The number of hydrogen-bond donors (Lipinski definition) is 0. The van der Waals surface area contributed by atoms with Crippen LogP contribution in [0.3, 0.4) is 0 Å². The maximum Gasteiger partial charge on any atom is 0.313 e. The first kappa shape index (κ1) is 14.4. The van der Waals surface area contributed by atoms with E-state index in [1.54, 1.807) is 19.9 Å². The molecule has 0 spiro atoms. The standard InChI is InChI=1S/C12H14ClNO4/c1-3-8(12(15)18-4-2)9-6-5-7-10(11(9)13)14(16)17/h5-8H,3-4H2,1-2H3. The summed E-state index contributed by atoms with van der Waals surface area (Å²) in [5, 5.41) is 10.8. The molecular weight excluding hydrogens is 258 g/mol. The monoisotopic (exact) mass is 271 g/mol. The Bertz CT molecular complexity index is 461. The van der Waals surface area contributed by atoms with Gasteiger partial charge in [-0.15, -0.1) is 0 Å². The van der Waals surface area contributed by atoms with E-state index in [4.69, 9.17) is 16.3 Å². The number of esters is 1. The van der Waals surface area contributed by atoms with Gasteiger partial charge in [-0.05, 0) is 18.9 Å². The number of carbonyl (C=O) groups is 1. The molecule has 0 fully saturated rings. The number of halogens is 1. The number of rotatable bonds is 5. The number of nitro groups is 1. The van der Waals surface area contributed by atoms with Gasteiger partial charge in [0.1, 0.15) is 5.02 Å². The Balaban J connectivity index is 3.18. The summed E-state index contributed by atoms with van der Waals surface area (Å²) in [6, 6.07) is 4.44. The van der Waals surface area contributed by atoms with Gasteiger partial charge in [0, 0.05) is 6.07 Å². The molecular formula is C12H14ClNO4. The minimum atomic E-state index is -0.572. The van der Waals surface area contributed by atoms with Crippen molar-refractivity contribution in [3.05, 3.63) is 38.9 Å². The molecule has 1 aromatic carbocycles. The third-order valence-electron chi connectivity index (χ3n) is 2.56. The van der Waals surface area contributed by atoms with Crippen molar-refractivity contribution in [2.24, 2.45) is 0 Å². The summed E-state index contributed by atoms with van der Waals surface area (Å²) in [7, 11) is 0. The van der Waals surface area contributed by atoms with E-state index in [9.17, 15) is 14.9 Å². The van der Waals surface area contributed by atoms with Crippen molar-refractivity contribution < 1.29 is 14.5 Å². The highest BCUT2D eigenvalue weighted by Gasteiger charge is 2.26. The van der Waals surface area contributed by atoms with Crippen LogP contribution in [0.2, 0.25) is 5.02 Å². The predicted octanol–water partition coefficient (Wildman–Crippen LogP) is 3.30. The van der Waals surface area contributed by atoms with Crippen LogP contribution >= 0.6 is 11.6 Å². The number of nitro benzene ring substituents is 1. The molecule has 1 unspecified atom stereocenters. The van der Waals surface area contributed by atoms with Gasteiger partial charge < -0.3 is 4.74 Å². The lowest BCUT2D eigenvalue weighted by atomic mass is 9.96. The van der Waals surface area contributed by atoms with Crippen LogP contribution in [0.25, 0.3) is 0 Å². The van der Waals surface area contributed by atoms with Crippen LogP contribution < -0.4 is 0 Å². The lowest BCUT2D eigenvalue weighted by molar-refractivity contribution is -0.384. The molecule has 0 aliphatic carbocycles. The zero-order valence-corrected chi connectivity index (χ0v) is 10.9. The second-order valence-corrected chi connectivity index (χ2v) is 4.03. The Morgan fingerprint density at radius 1 is 1.50 bits per heavy atom. The molecule has 0 aliphatic rings. The van der Waals surface area contributed by atoms with Crippen LogP contribution in [0, 0.1) is 10.1 Å². The van der Waals surface area contributed by atoms with Crippen molar-refractivity contribution in [1.82, 2.24) is 0 Å². The molecule has 0 aliphatic heterocycles. The van der Waals surface area contributed by atoms with E-state index in [0.717, 1.165) is 0 Å². The van der Waals surface area contributed by atoms with Gasteiger partial charge in [-0.3, -0.25) is 14.9 Å². The maximum atomic E-state index is 11.8. The van der Waals surface area contributed by atoms with Gasteiger partial charge in [0.25, 0.3) is 5.69 Å². The highest BCUT2D eigenvalue weighted by molar-refractivity contribution is 6.33. The van der Waals surface area contributed by atoms with Crippen LogP contribution in [-0.4, -0.2) is 17.5 Å². The third kappa shape index (κ3) is 2.98. The second kappa shape index (κ2) is 6.35. The lowest BCUT2D eigenvalue weighted by Gasteiger charge is -2.15. The lowest BCUT2D eigenvalue weighted by Crippen LogP contribution is -2.16. The smallest absolute Gasteiger partial charge is 0.313 e. The fourth-order valence-electron chi connectivity index (χ4n) is 1.70. The van der Waals surface area contributed by atoms with Crippen molar-refractivity contribution in [3.63, 3.8) is 0 Å². The van der Waals surface area contributed by atoms with Crippen LogP contribution in [0.1, 0.15) is 31.7 Å². The highest BCUT2D eigenvalue weighted by Crippen LogP contribution is 2.34. The van der Waals surface area contributed by atoms with Crippen molar-refractivity contribution in [1.29, 1.82) is 0 Å². The second-order valence-electron chi connectivity index (χ2n) is 3.65. The van der Waals surface area contributed by atoms with Gasteiger partial charge in [0.05, 0.1) is 17.4 Å². The molecule has 0 saturated carbocycles. The number of hydrogen-bond acceptors (Lipinski definition) is 4. The van der Waals surface area contributed by atoms with E-state index in [0.29, 0.717) is 12.0 Å². The number of carbonyl (C=O) groups excluding carboxylic acids is 1. The Morgan fingerprint density at radius 2 is 2.17 bits per heavy atom. The Morgan fingerprint density at radius 3 is 2.67 bits per heavy atom. The molecule has 1 aromatic rings. The van der Waals surface area contributed by atoms with Crippen LogP contribution in [-0.2, 0) is 9.53 Å². The van der Waals surface area contributed by atoms with E-state index in [2.05, 4.69) is 0 Å². The molecule has 0 radical (unpaired) electrons. The fraction of sp³-hybridized carbons (Fsp3) is 0.417. The molecule has 0 saturated heterocycles. The van der Waals surface area contributed by atoms with Gasteiger partial charge >= 0.3 is 5.97 Å². The summed E-state index contributed by atoms with van der Waals surface area (Å²) in [5.41, 5.74) is 0.240. The summed E-state index contributed by atoms with van der Waals surface area (Å²) in [5.74, 6) is -0.986. The molecule has 0 bridgehead atoms. The molecule has 6 heteroatoms. The predicted molar refractivity (Wildman–Crippen MR) is 67.8 cm³/mol. The molecule has 0 aromatic heterocycles. The third-order valence-corrected chi connectivity index (χ3v) is 2.97. The number of benzene rings is 1. The first-order chi connectivity index (χ1) is 8.52. The molecule has 0 N–H and O–H groups in total. The quantitative estimate of drug-likeness (QED) is 0.468. The van der Waals surface area contributed by atoms with Crippen LogP contribution in [0.5, 0.6) is 0 Å². The SMILES string of the molecule is CCOC(=O)C(CC)c1cccc([N+](=O)[O-])c1Cl. The van der Waals surface area contributed by atoms with Gasteiger partial charge in [0.15, 0.2) is 0 Å². The minimum absolute atomic E-state index is 0.00223. The van der Waals surface area contributed by atoms with E-state index in [1.807, 2.05) is 0 Å². The largest absolute Gasteiger partial charge is 0.466 e. The first-order valence-electron chi connectivity index (χ1n) is 5.62. The minimum Gasteiger partial charge on any atom is -0.466 e. The Hall–Kier alpha value is -1.62. The number of ether oxygens (including phenoxy) is 1. The zero-order valence-electron chi connectivity index (χ0n) is 10.2. The summed E-state index contributed by atoms with van der Waals surface area (Å²) in [6.45, 7) is 3.78. The average Bonchev–Trinajstić information content (AvgIpc) is 2.32. The molecule has 18 heavy (non-hydrogen) atoms. The first-order valence-corrected chi connectivity index (χ1v) is 6.00. The molecule has 0 amide bonds. The maximum absolute atomic E-state index is 11.8. The number of nitrogens with zero attached hydrogens (tertiary/aromatic N) is 1. The fourth-order valence-corrected chi connectivity index (χ4v) is 2.03. The molecule has 0 heterocycles. The van der Waals surface area contributed by atoms with E-state index in [-0.39, 0.29) is 17.3 Å². The van der Waals surface area contributed by atoms with Crippen molar-refractivity contribution in [3.8, 4) is 0 Å². The summed E-state index contributed by atoms with van der Waals surface area (Å²) >= 11 is 5.97. The van der Waals surface area contributed by atoms with Crippen molar-refractivity contribution >= 4 is 23.3 Å². The van der Waals surface area contributed by atoms with E-state index in [1.165, 1.54) is 12.1 Å². The Kier molecular flexibility index (Phi) is 5.09. The molecule has 1 atom stereocenters. The molecule has 5 nitrogen and oxygen atoms in total. The highest BCUT2D eigenvalue weighted by atomic mass is 35.5. The van der Waals surface area contributed by atoms with E-state index < -0.39 is 16.8 Å². The van der Waals surface area contributed by atoms with Gasteiger partial charge in [-0.2, -0.15) is 0 Å². The van der Waals surface area contributed by atoms with Gasteiger partial charge in [-0.1, -0.05) is 30.7 Å². The normalized spacial score (nSPS) is 11.9.